The lowest BCUT2D eigenvalue weighted by molar-refractivity contribution is -0.129. The van der Waals surface area contributed by atoms with Gasteiger partial charge in [-0.3, -0.25) is 9.59 Å². The Morgan fingerprint density at radius 1 is 1.46 bits per heavy atom. The molecule has 2 amide bonds. The van der Waals surface area contributed by atoms with E-state index in [1.165, 1.54) is 0 Å². The molecule has 2 heterocycles. The quantitative estimate of drug-likeness (QED) is 0.873. The highest BCUT2D eigenvalue weighted by Crippen LogP contribution is 2.24. The number of halogens is 1. The van der Waals surface area contributed by atoms with Crippen molar-refractivity contribution in [1.82, 2.24) is 15.2 Å². The van der Waals surface area contributed by atoms with Gasteiger partial charge in [-0.2, -0.15) is 0 Å². The number of H-pyrrole nitrogens is 1. The van der Waals surface area contributed by atoms with Crippen LogP contribution in [-0.2, 0) is 16.0 Å². The molecular formula is C18H22ClN3O2. The number of benzene rings is 1. The van der Waals surface area contributed by atoms with Gasteiger partial charge in [-0.05, 0) is 44.0 Å². The van der Waals surface area contributed by atoms with Crippen LogP contribution in [0.4, 0.5) is 0 Å². The van der Waals surface area contributed by atoms with E-state index in [9.17, 15) is 9.59 Å². The molecular weight excluding hydrogens is 326 g/mol. The third-order valence-corrected chi connectivity index (χ3v) is 4.63. The number of amides is 2. The van der Waals surface area contributed by atoms with Crippen molar-refractivity contribution in [3.05, 3.63) is 35.0 Å². The lowest BCUT2D eigenvalue weighted by Crippen LogP contribution is -2.37. The van der Waals surface area contributed by atoms with Crippen molar-refractivity contribution in [1.29, 1.82) is 0 Å². The summed E-state index contributed by atoms with van der Waals surface area (Å²) in [6, 6.07) is 5.84. The Morgan fingerprint density at radius 2 is 2.25 bits per heavy atom. The first-order valence-electron chi connectivity index (χ1n) is 8.27. The van der Waals surface area contributed by atoms with Gasteiger partial charge in [0.15, 0.2) is 0 Å². The van der Waals surface area contributed by atoms with E-state index in [0.29, 0.717) is 24.5 Å². The summed E-state index contributed by atoms with van der Waals surface area (Å²) in [4.78, 5) is 29.3. The summed E-state index contributed by atoms with van der Waals surface area (Å²) in [7, 11) is 0. The molecule has 1 saturated heterocycles. The van der Waals surface area contributed by atoms with Crippen molar-refractivity contribution in [2.45, 2.75) is 32.7 Å². The number of likely N-dealkylation sites (tertiary alicyclic amines) is 1. The SMILES string of the molecule is CC(C)NC(=O)[C@H]1CC(=O)N(CCc2c[nH]c3ccc(Cl)cc23)C1. The Kier molecular flexibility index (Phi) is 4.81. The predicted molar refractivity (Wildman–Crippen MR) is 95.0 cm³/mol. The molecule has 0 unspecified atom stereocenters. The average molecular weight is 348 g/mol. The number of nitrogens with zero attached hydrogens (tertiary/aromatic N) is 1. The first kappa shape index (κ1) is 16.8. The maximum atomic E-state index is 12.2. The molecule has 0 saturated carbocycles. The van der Waals surface area contributed by atoms with E-state index in [4.69, 9.17) is 11.6 Å². The largest absolute Gasteiger partial charge is 0.361 e. The van der Waals surface area contributed by atoms with Crippen molar-refractivity contribution >= 4 is 34.3 Å². The van der Waals surface area contributed by atoms with Gasteiger partial charge >= 0.3 is 0 Å². The van der Waals surface area contributed by atoms with E-state index in [1.54, 1.807) is 4.90 Å². The third-order valence-electron chi connectivity index (χ3n) is 4.40. The molecule has 0 aliphatic carbocycles. The van der Waals surface area contributed by atoms with Gasteiger partial charge in [0.05, 0.1) is 5.92 Å². The van der Waals surface area contributed by atoms with E-state index >= 15 is 0 Å². The average Bonchev–Trinajstić information content (AvgIpc) is 3.08. The van der Waals surface area contributed by atoms with Gasteiger partial charge in [0.2, 0.25) is 11.8 Å². The molecule has 5 nitrogen and oxygen atoms in total. The Hall–Kier alpha value is -2.01. The molecule has 128 valence electrons. The monoisotopic (exact) mass is 347 g/mol. The summed E-state index contributed by atoms with van der Waals surface area (Å²) in [5.74, 6) is -0.214. The molecule has 0 radical (unpaired) electrons. The zero-order valence-electron chi connectivity index (χ0n) is 13.9. The fourth-order valence-corrected chi connectivity index (χ4v) is 3.35. The Morgan fingerprint density at radius 3 is 3.00 bits per heavy atom. The minimum Gasteiger partial charge on any atom is -0.361 e. The molecule has 0 spiro atoms. The molecule has 2 aromatic rings. The van der Waals surface area contributed by atoms with Crippen molar-refractivity contribution in [3.63, 3.8) is 0 Å². The molecule has 1 atom stereocenters. The molecule has 1 aliphatic heterocycles. The standard InChI is InChI=1S/C18H22ClN3O2/c1-11(2)21-18(24)13-7-17(23)22(10-13)6-5-12-9-20-16-4-3-14(19)8-15(12)16/h3-4,8-9,11,13,20H,5-7,10H2,1-2H3,(H,21,24)/t13-/m0/s1. The van der Waals surface area contributed by atoms with Gasteiger partial charge in [-0.25, -0.2) is 0 Å². The first-order chi connectivity index (χ1) is 11.4. The fourth-order valence-electron chi connectivity index (χ4n) is 3.18. The maximum Gasteiger partial charge on any atom is 0.225 e. The van der Waals surface area contributed by atoms with Gasteiger partial charge < -0.3 is 15.2 Å². The highest BCUT2D eigenvalue weighted by molar-refractivity contribution is 6.31. The highest BCUT2D eigenvalue weighted by atomic mass is 35.5. The van der Waals surface area contributed by atoms with Crippen LogP contribution in [0, 0.1) is 5.92 Å². The molecule has 1 fully saturated rings. The smallest absolute Gasteiger partial charge is 0.225 e. The zero-order chi connectivity index (χ0) is 17.3. The van der Waals surface area contributed by atoms with E-state index in [2.05, 4.69) is 10.3 Å². The van der Waals surface area contributed by atoms with Crippen LogP contribution in [-0.4, -0.2) is 40.8 Å². The molecule has 1 aliphatic rings. The van der Waals surface area contributed by atoms with E-state index in [0.717, 1.165) is 22.9 Å². The van der Waals surface area contributed by atoms with Crippen molar-refractivity contribution < 1.29 is 9.59 Å². The van der Waals surface area contributed by atoms with Gasteiger partial charge in [0, 0.05) is 47.7 Å². The number of fused-ring (bicyclic) bond motifs is 1. The lowest BCUT2D eigenvalue weighted by Gasteiger charge is -2.17. The number of hydrogen-bond donors (Lipinski definition) is 2. The minimum atomic E-state index is -0.239. The second-order valence-electron chi connectivity index (χ2n) is 6.66. The number of carbonyl (C=O) groups excluding carboxylic acids is 2. The number of aromatic amines is 1. The van der Waals surface area contributed by atoms with E-state index in [-0.39, 0.29) is 23.8 Å². The summed E-state index contributed by atoms with van der Waals surface area (Å²) in [6.45, 7) is 4.97. The van der Waals surface area contributed by atoms with Crippen LogP contribution in [0.1, 0.15) is 25.8 Å². The number of rotatable bonds is 5. The minimum absolute atomic E-state index is 0.0280. The van der Waals surface area contributed by atoms with E-state index < -0.39 is 0 Å². The molecule has 6 heteroatoms. The van der Waals surface area contributed by atoms with Crippen LogP contribution in [0.3, 0.4) is 0 Å². The second-order valence-corrected chi connectivity index (χ2v) is 7.09. The topological polar surface area (TPSA) is 65.2 Å². The number of carbonyl (C=O) groups is 2. The Balaban J connectivity index is 1.63. The molecule has 3 rings (SSSR count). The van der Waals surface area contributed by atoms with Crippen molar-refractivity contribution in [3.8, 4) is 0 Å². The Bertz CT molecular complexity index is 769. The van der Waals surface area contributed by atoms with Crippen LogP contribution in [0.2, 0.25) is 5.02 Å². The zero-order valence-corrected chi connectivity index (χ0v) is 14.7. The van der Waals surface area contributed by atoms with Crippen LogP contribution in [0.5, 0.6) is 0 Å². The number of hydrogen-bond acceptors (Lipinski definition) is 2. The van der Waals surface area contributed by atoms with Crippen LogP contribution < -0.4 is 5.32 Å². The maximum absolute atomic E-state index is 12.2. The van der Waals surface area contributed by atoms with Crippen LogP contribution in [0.15, 0.2) is 24.4 Å². The van der Waals surface area contributed by atoms with Crippen molar-refractivity contribution in [2.24, 2.45) is 5.92 Å². The summed E-state index contributed by atoms with van der Waals surface area (Å²) in [5, 5.41) is 4.67. The predicted octanol–water partition coefficient (Wildman–Crippen LogP) is 2.74. The van der Waals surface area contributed by atoms with Gasteiger partial charge in [-0.15, -0.1) is 0 Å². The van der Waals surface area contributed by atoms with E-state index in [1.807, 2.05) is 38.2 Å². The molecule has 0 bridgehead atoms. The molecule has 1 aromatic heterocycles. The summed E-state index contributed by atoms with van der Waals surface area (Å²) in [6.07, 6.45) is 3.01. The number of nitrogens with one attached hydrogen (secondary N) is 2. The summed E-state index contributed by atoms with van der Waals surface area (Å²) in [5.41, 5.74) is 2.17. The van der Waals surface area contributed by atoms with Gasteiger partial charge in [-0.1, -0.05) is 11.6 Å². The van der Waals surface area contributed by atoms with Gasteiger partial charge in [0.1, 0.15) is 0 Å². The molecule has 24 heavy (non-hydrogen) atoms. The van der Waals surface area contributed by atoms with Crippen molar-refractivity contribution in [2.75, 3.05) is 13.1 Å². The third kappa shape index (κ3) is 3.56. The van der Waals surface area contributed by atoms with Crippen LogP contribution in [0.25, 0.3) is 10.9 Å². The fraction of sp³-hybridized carbons (Fsp3) is 0.444. The summed E-state index contributed by atoms with van der Waals surface area (Å²) < 4.78 is 0. The normalized spacial score (nSPS) is 17.9. The summed E-state index contributed by atoms with van der Waals surface area (Å²) >= 11 is 6.07. The first-order valence-corrected chi connectivity index (χ1v) is 8.65. The molecule has 1 aromatic carbocycles. The Labute approximate surface area is 146 Å². The lowest BCUT2D eigenvalue weighted by atomic mass is 10.1. The van der Waals surface area contributed by atoms with Gasteiger partial charge in [0.25, 0.3) is 0 Å². The second kappa shape index (κ2) is 6.85. The number of aromatic nitrogens is 1. The highest BCUT2D eigenvalue weighted by Gasteiger charge is 2.34. The van der Waals surface area contributed by atoms with Crippen LogP contribution >= 0.6 is 11.6 Å². The molecule has 2 N–H and O–H groups in total.